The third-order valence-corrected chi connectivity index (χ3v) is 6.21. The average molecular weight is 430 g/mol. The number of halogens is 1. The second kappa shape index (κ2) is 8.53. The zero-order valence-electron chi connectivity index (χ0n) is 17.2. The lowest BCUT2D eigenvalue weighted by Crippen LogP contribution is -2.46. The van der Waals surface area contributed by atoms with Crippen LogP contribution in [-0.2, 0) is 6.54 Å². The molecule has 0 amide bonds. The highest BCUT2D eigenvalue weighted by Gasteiger charge is 2.19. The molecule has 1 aliphatic rings. The number of rotatable bonds is 4. The minimum atomic E-state index is 0.528. The Hall–Kier alpha value is -3.15. The summed E-state index contributed by atoms with van der Waals surface area (Å²) < 4.78 is 0. The molecule has 31 heavy (non-hydrogen) atoms. The van der Waals surface area contributed by atoms with Gasteiger partial charge in [-0.3, -0.25) is 4.90 Å². The molecule has 0 spiro atoms. The van der Waals surface area contributed by atoms with Crippen LogP contribution in [0.4, 0.5) is 11.5 Å². The summed E-state index contributed by atoms with van der Waals surface area (Å²) in [6, 6.07) is 23.0. The molecule has 5 nitrogen and oxygen atoms in total. The quantitative estimate of drug-likeness (QED) is 0.502. The average Bonchev–Trinajstić information content (AvgIpc) is 2.81. The zero-order chi connectivity index (χ0) is 21.2. The van der Waals surface area contributed by atoms with Gasteiger partial charge in [0.1, 0.15) is 12.1 Å². The highest BCUT2D eigenvalue weighted by molar-refractivity contribution is 6.30. The Kier molecular flexibility index (Phi) is 5.45. The van der Waals surface area contributed by atoms with Crippen molar-refractivity contribution in [1.29, 1.82) is 0 Å². The molecule has 0 atom stereocenters. The van der Waals surface area contributed by atoms with Gasteiger partial charge in [0.05, 0.1) is 5.52 Å². The first-order valence-corrected chi connectivity index (χ1v) is 10.9. The Labute approximate surface area is 187 Å². The summed E-state index contributed by atoms with van der Waals surface area (Å²) in [6.07, 6.45) is 1.53. The Morgan fingerprint density at radius 1 is 0.871 bits per heavy atom. The molecule has 1 fully saturated rings. The summed E-state index contributed by atoms with van der Waals surface area (Å²) in [5.41, 5.74) is 11.9. The lowest BCUT2D eigenvalue weighted by atomic mass is 9.99. The molecule has 0 bridgehead atoms. The molecule has 0 aliphatic carbocycles. The van der Waals surface area contributed by atoms with Gasteiger partial charge >= 0.3 is 0 Å². The van der Waals surface area contributed by atoms with Crippen LogP contribution in [0, 0.1) is 0 Å². The molecule has 3 aromatic carbocycles. The van der Waals surface area contributed by atoms with Gasteiger partial charge in [-0.05, 0) is 47.0 Å². The van der Waals surface area contributed by atoms with Crippen molar-refractivity contribution in [2.45, 2.75) is 6.54 Å². The van der Waals surface area contributed by atoms with Gasteiger partial charge in [0.25, 0.3) is 0 Å². The number of nitrogens with two attached hydrogens (primary N) is 1. The van der Waals surface area contributed by atoms with Crippen molar-refractivity contribution in [3.8, 4) is 11.1 Å². The van der Waals surface area contributed by atoms with Crippen molar-refractivity contribution in [3.05, 3.63) is 83.6 Å². The summed E-state index contributed by atoms with van der Waals surface area (Å²) in [4.78, 5) is 13.4. The molecule has 1 saturated heterocycles. The Balaban J connectivity index is 1.28. The highest BCUT2D eigenvalue weighted by atomic mass is 35.5. The number of hydrogen-bond donors (Lipinski definition) is 1. The van der Waals surface area contributed by atoms with Gasteiger partial charge in [-0.15, -0.1) is 0 Å². The maximum atomic E-state index is 6.07. The van der Waals surface area contributed by atoms with E-state index in [1.54, 1.807) is 0 Å². The first-order valence-electron chi connectivity index (χ1n) is 10.5. The van der Waals surface area contributed by atoms with Gasteiger partial charge in [-0.2, -0.15) is 0 Å². The fourth-order valence-electron chi connectivity index (χ4n) is 4.24. The van der Waals surface area contributed by atoms with Crippen molar-refractivity contribution >= 4 is 34.0 Å². The van der Waals surface area contributed by atoms with E-state index in [0.717, 1.165) is 48.6 Å². The van der Waals surface area contributed by atoms with E-state index >= 15 is 0 Å². The maximum absolute atomic E-state index is 6.07. The molecule has 4 aromatic rings. The second-order valence-electron chi connectivity index (χ2n) is 7.89. The van der Waals surface area contributed by atoms with Gasteiger partial charge in [0.15, 0.2) is 0 Å². The normalized spacial score (nSPS) is 14.8. The van der Waals surface area contributed by atoms with E-state index in [4.69, 9.17) is 17.3 Å². The number of piperazine rings is 1. The van der Waals surface area contributed by atoms with Crippen LogP contribution in [-0.4, -0.2) is 41.0 Å². The molecule has 1 aliphatic heterocycles. The van der Waals surface area contributed by atoms with Crippen LogP contribution < -0.4 is 10.6 Å². The molecule has 2 N–H and O–H groups in total. The number of hydrogen-bond acceptors (Lipinski definition) is 5. The molecular weight excluding hydrogens is 406 g/mol. The van der Waals surface area contributed by atoms with Gasteiger partial charge in [0.2, 0.25) is 0 Å². The molecule has 0 saturated carbocycles. The van der Waals surface area contributed by atoms with Crippen LogP contribution in [0.5, 0.6) is 0 Å². The maximum Gasteiger partial charge on any atom is 0.134 e. The lowest BCUT2D eigenvalue weighted by Gasteiger charge is -2.36. The van der Waals surface area contributed by atoms with Crippen LogP contribution in [0.2, 0.25) is 5.02 Å². The SMILES string of the molecule is Nc1ncnc2cc(N3CCN(Cc4ccccc4-c4ccc(Cl)cc4)CC3)ccc12. The molecule has 1 aromatic heterocycles. The highest BCUT2D eigenvalue weighted by Crippen LogP contribution is 2.28. The number of nitrogen functional groups attached to an aromatic ring is 1. The lowest BCUT2D eigenvalue weighted by molar-refractivity contribution is 0.250. The number of benzene rings is 3. The standard InChI is InChI=1S/C25H24ClN5/c26-20-7-5-18(6-8-20)22-4-2-1-3-19(22)16-30-11-13-31(14-12-30)21-9-10-23-24(15-21)28-17-29-25(23)27/h1-10,15,17H,11-14,16H2,(H2,27,28,29). The van der Waals surface area contributed by atoms with E-state index in [0.29, 0.717) is 5.82 Å². The van der Waals surface area contributed by atoms with Crippen LogP contribution in [0.3, 0.4) is 0 Å². The smallest absolute Gasteiger partial charge is 0.134 e. The van der Waals surface area contributed by atoms with Crippen molar-refractivity contribution in [2.24, 2.45) is 0 Å². The number of anilines is 2. The van der Waals surface area contributed by atoms with Gasteiger partial charge in [-0.1, -0.05) is 48.0 Å². The predicted octanol–water partition coefficient (Wildman–Crippen LogP) is 4.85. The third kappa shape index (κ3) is 4.20. The van der Waals surface area contributed by atoms with E-state index in [9.17, 15) is 0 Å². The van der Waals surface area contributed by atoms with Crippen LogP contribution in [0.25, 0.3) is 22.0 Å². The summed E-state index contributed by atoms with van der Waals surface area (Å²) in [5.74, 6) is 0.528. The second-order valence-corrected chi connectivity index (χ2v) is 8.32. The fraction of sp³-hybridized carbons (Fsp3) is 0.200. The number of nitrogens with zero attached hydrogens (tertiary/aromatic N) is 4. The van der Waals surface area contributed by atoms with Crippen molar-refractivity contribution < 1.29 is 0 Å². The Morgan fingerprint density at radius 2 is 1.65 bits per heavy atom. The molecule has 6 heteroatoms. The van der Waals surface area contributed by atoms with Crippen molar-refractivity contribution in [2.75, 3.05) is 36.8 Å². The summed E-state index contributed by atoms with van der Waals surface area (Å²) >= 11 is 6.07. The van der Waals surface area contributed by atoms with Crippen LogP contribution >= 0.6 is 11.6 Å². The van der Waals surface area contributed by atoms with E-state index in [1.807, 2.05) is 18.2 Å². The van der Waals surface area contributed by atoms with Crippen LogP contribution in [0.15, 0.2) is 73.1 Å². The zero-order valence-corrected chi connectivity index (χ0v) is 18.0. The first kappa shape index (κ1) is 19.8. The molecule has 5 rings (SSSR count). The minimum Gasteiger partial charge on any atom is -0.383 e. The van der Waals surface area contributed by atoms with E-state index in [1.165, 1.54) is 28.7 Å². The Morgan fingerprint density at radius 3 is 2.45 bits per heavy atom. The molecular formula is C25H24ClN5. The Bertz CT molecular complexity index is 1200. The predicted molar refractivity (Wildman–Crippen MR) is 128 cm³/mol. The summed E-state index contributed by atoms with van der Waals surface area (Å²) in [6.45, 7) is 4.93. The van der Waals surface area contributed by atoms with E-state index < -0.39 is 0 Å². The largest absolute Gasteiger partial charge is 0.383 e. The van der Waals surface area contributed by atoms with Crippen molar-refractivity contribution in [3.63, 3.8) is 0 Å². The third-order valence-electron chi connectivity index (χ3n) is 5.95. The summed E-state index contributed by atoms with van der Waals surface area (Å²) in [5, 5.41) is 1.67. The molecule has 0 unspecified atom stereocenters. The van der Waals surface area contributed by atoms with Crippen molar-refractivity contribution in [1.82, 2.24) is 14.9 Å². The topological polar surface area (TPSA) is 58.3 Å². The van der Waals surface area contributed by atoms with E-state index in [2.05, 4.69) is 68.3 Å². The molecule has 0 radical (unpaired) electrons. The van der Waals surface area contributed by atoms with Gasteiger partial charge < -0.3 is 10.6 Å². The van der Waals surface area contributed by atoms with Crippen LogP contribution in [0.1, 0.15) is 5.56 Å². The molecule has 156 valence electrons. The fourth-order valence-corrected chi connectivity index (χ4v) is 4.36. The monoisotopic (exact) mass is 429 g/mol. The number of fused-ring (bicyclic) bond motifs is 1. The minimum absolute atomic E-state index is 0.528. The van der Waals surface area contributed by atoms with Gasteiger partial charge in [-0.25, -0.2) is 9.97 Å². The van der Waals surface area contributed by atoms with E-state index in [-0.39, 0.29) is 0 Å². The summed E-state index contributed by atoms with van der Waals surface area (Å²) in [7, 11) is 0. The number of aromatic nitrogens is 2. The molecule has 2 heterocycles. The first-order chi connectivity index (χ1) is 15.2. The van der Waals surface area contributed by atoms with Gasteiger partial charge in [0, 0.05) is 48.8 Å².